The fourth-order valence-corrected chi connectivity index (χ4v) is 2.26. The number of aryl methyl sites for hydroxylation is 1. The number of ether oxygens (including phenoxy) is 1. The molecule has 0 radical (unpaired) electrons. The van der Waals surface area contributed by atoms with Gasteiger partial charge in [0.05, 0.1) is 6.61 Å². The van der Waals surface area contributed by atoms with Crippen LogP contribution in [-0.2, 0) is 16.6 Å². The molecule has 0 aliphatic heterocycles. The van der Waals surface area contributed by atoms with Crippen LogP contribution in [0.1, 0.15) is 18.1 Å². The largest absolute Gasteiger partial charge is 0.494 e. The van der Waals surface area contributed by atoms with Crippen molar-refractivity contribution in [3.8, 4) is 5.75 Å². The number of nitrogens with zero attached hydrogens (tertiary/aromatic N) is 1. The topological polar surface area (TPSA) is 58.6 Å². The Morgan fingerprint density at radius 1 is 1.32 bits per heavy atom. The first-order valence-electron chi connectivity index (χ1n) is 6.26. The van der Waals surface area contributed by atoms with E-state index in [9.17, 15) is 8.42 Å². The maximum Gasteiger partial charge on any atom is 0.278 e. The van der Waals surface area contributed by atoms with Gasteiger partial charge in [-0.05, 0) is 37.5 Å². The van der Waals surface area contributed by atoms with Crippen molar-refractivity contribution < 1.29 is 13.2 Å². The molecule has 1 N–H and O–H groups in total. The average molecular weight is 286 g/mol. The Labute approximate surface area is 115 Å². The van der Waals surface area contributed by atoms with Crippen LogP contribution >= 0.6 is 0 Å². The number of hydrogen-bond acceptors (Lipinski definition) is 3. The Morgan fingerprint density at radius 2 is 2.00 bits per heavy atom. The summed E-state index contributed by atoms with van der Waals surface area (Å²) in [7, 11) is -0.330. The van der Waals surface area contributed by atoms with E-state index >= 15 is 0 Å². The predicted molar refractivity (Wildman–Crippen MR) is 76.7 cm³/mol. The van der Waals surface area contributed by atoms with Gasteiger partial charge in [0, 0.05) is 20.6 Å². The van der Waals surface area contributed by atoms with E-state index in [0.717, 1.165) is 21.2 Å². The van der Waals surface area contributed by atoms with Gasteiger partial charge in [-0.3, -0.25) is 0 Å². The number of nitrogens with one attached hydrogen (secondary N) is 1. The molecule has 0 atom stereocenters. The van der Waals surface area contributed by atoms with Crippen molar-refractivity contribution in [2.24, 2.45) is 0 Å². The molecule has 0 saturated carbocycles. The first-order chi connectivity index (χ1) is 8.86. The summed E-state index contributed by atoms with van der Waals surface area (Å²) in [5, 5.41) is 0. The number of hydrogen-bond donors (Lipinski definition) is 1. The first-order valence-corrected chi connectivity index (χ1v) is 7.70. The standard InChI is InChI=1S/C13H22N2O3S/c1-5-18-13-7-6-12(10-11(13)2)8-9-14-19(16,17)15(3)4/h6-7,10,14H,5,8-9H2,1-4H3. The van der Waals surface area contributed by atoms with E-state index in [-0.39, 0.29) is 0 Å². The third-order valence-corrected chi connectivity index (χ3v) is 4.25. The van der Waals surface area contributed by atoms with E-state index in [1.165, 1.54) is 14.1 Å². The zero-order valence-corrected chi connectivity index (χ0v) is 12.8. The second kappa shape index (κ2) is 6.88. The van der Waals surface area contributed by atoms with E-state index in [4.69, 9.17) is 4.74 Å². The molecule has 0 aromatic heterocycles. The van der Waals surface area contributed by atoms with Crippen LogP contribution in [0.15, 0.2) is 18.2 Å². The lowest BCUT2D eigenvalue weighted by molar-refractivity contribution is 0.338. The highest BCUT2D eigenvalue weighted by molar-refractivity contribution is 7.87. The van der Waals surface area contributed by atoms with Gasteiger partial charge in [-0.15, -0.1) is 0 Å². The Hall–Kier alpha value is -1.11. The molecule has 0 fully saturated rings. The van der Waals surface area contributed by atoms with Gasteiger partial charge < -0.3 is 4.74 Å². The summed E-state index contributed by atoms with van der Waals surface area (Å²) in [6, 6.07) is 5.91. The van der Waals surface area contributed by atoms with Crippen molar-refractivity contribution in [3.63, 3.8) is 0 Å². The summed E-state index contributed by atoms with van der Waals surface area (Å²) < 4.78 is 32.2. The third kappa shape index (κ3) is 4.81. The van der Waals surface area contributed by atoms with E-state index in [0.29, 0.717) is 19.6 Å². The van der Waals surface area contributed by atoms with E-state index in [1.807, 2.05) is 32.0 Å². The Balaban J connectivity index is 2.57. The second-order valence-corrected chi connectivity index (χ2v) is 6.43. The van der Waals surface area contributed by atoms with E-state index < -0.39 is 10.2 Å². The SMILES string of the molecule is CCOc1ccc(CCNS(=O)(=O)N(C)C)cc1C. The minimum absolute atomic E-state index is 0.383. The molecular formula is C13H22N2O3S. The van der Waals surface area contributed by atoms with Crippen molar-refractivity contribution in [1.82, 2.24) is 9.03 Å². The van der Waals surface area contributed by atoms with Crippen LogP contribution in [0.2, 0.25) is 0 Å². The van der Waals surface area contributed by atoms with Gasteiger partial charge in [-0.1, -0.05) is 12.1 Å². The summed E-state index contributed by atoms with van der Waals surface area (Å²) in [6.07, 6.45) is 0.653. The molecule has 0 bridgehead atoms. The molecule has 0 aliphatic rings. The van der Waals surface area contributed by atoms with Gasteiger partial charge in [-0.25, -0.2) is 4.72 Å². The maximum atomic E-state index is 11.5. The molecule has 0 unspecified atom stereocenters. The lowest BCUT2D eigenvalue weighted by Gasteiger charge is -2.13. The normalized spacial score (nSPS) is 11.8. The zero-order chi connectivity index (χ0) is 14.5. The molecule has 0 saturated heterocycles. The Kier molecular flexibility index (Phi) is 5.78. The van der Waals surface area contributed by atoms with Crippen molar-refractivity contribution >= 4 is 10.2 Å². The van der Waals surface area contributed by atoms with Gasteiger partial charge in [0.25, 0.3) is 10.2 Å². The summed E-state index contributed by atoms with van der Waals surface area (Å²) in [5.41, 5.74) is 2.15. The molecule has 5 nitrogen and oxygen atoms in total. The average Bonchev–Trinajstić information content (AvgIpc) is 2.32. The molecule has 1 aromatic rings. The van der Waals surface area contributed by atoms with Crippen molar-refractivity contribution in [1.29, 1.82) is 0 Å². The van der Waals surface area contributed by atoms with Crippen molar-refractivity contribution in [3.05, 3.63) is 29.3 Å². The van der Waals surface area contributed by atoms with Crippen LogP contribution < -0.4 is 9.46 Å². The molecule has 19 heavy (non-hydrogen) atoms. The number of benzene rings is 1. The van der Waals surface area contributed by atoms with Gasteiger partial charge in [0.2, 0.25) is 0 Å². The van der Waals surface area contributed by atoms with E-state index in [1.54, 1.807) is 0 Å². The lowest BCUT2D eigenvalue weighted by atomic mass is 10.1. The van der Waals surface area contributed by atoms with Crippen molar-refractivity contribution in [2.45, 2.75) is 20.3 Å². The molecular weight excluding hydrogens is 264 g/mol. The maximum absolute atomic E-state index is 11.5. The highest BCUT2D eigenvalue weighted by Gasteiger charge is 2.11. The fraction of sp³-hybridized carbons (Fsp3) is 0.538. The molecule has 0 aliphatic carbocycles. The Bertz CT molecular complexity index is 513. The molecule has 1 aromatic carbocycles. The zero-order valence-electron chi connectivity index (χ0n) is 11.9. The Morgan fingerprint density at radius 3 is 2.53 bits per heavy atom. The first kappa shape index (κ1) is 15.9. The molecule has 1 rings (SSSR count). The van der Waals surface area contributed by atoms with Gasteiger partial charge in [0.15, 0.2) is 0 Å². The van der Waals surface area contributed by atoms with Crippen LogP contribution in [-0.4, -0.2) is 40.0 Å². The smallest absolute Gasteiger partial charge is 0.278 e. The summed E-state index contributed by atoms with van der Waals surface area (Å²) in [5.74, 6) is 0.875. The van der Waals surface area contributed by atoms with Crippen molar-refractivity contribution in [2.75, 3.05) is 27.2 Å². The minimum Gasteiger partial charge on any atom is -0.494 e. The lowest BCUT2D eigenvalue weighted by Crippen LogP contribution is -2.36. The van der Waals surface area contributed by atoms with Crippen LogP contribution in [0, 0.1) is 6.92 Å². The van der Waals surface area contributed by atoms with Crippen LogP contribution in [0.3, 0.4) is 0 Å². The van der Waals surface area contributed by atoms with Crippen LogP contribution in [0.5, 0.6) is 5.75 Å². The predicted octanol–water partition coefficient (Wildman–Crippen LogP) is 1.33. The minimum atomic E-state index is -3.34. The highest BCUT2D eigenvalue weighted by atomic mass is 32.2. The van der Waals surface area contributed by atoms with Crippen LogP contribution in [0.25, 0.3) is 0 Å². The summed E-state index contributed by atoms with van der Waals surface area (Å²) >= 11 is 0. The van der Waals surface area contributed by atoms with Gasteiger partial charge >= 0.3 is 0 Å². The fourth-order valence-electron chi connectivity index (χ4n) is 1.64. The molecule has 0 spiro atoms. The van der Waals surface area contributed by atoms with Crippen LogP contribution in [0.4, 0.5) is 0 Å². The second-order valence-electron chi connectivity index (χ2n) is 4.46. The quantitative estimate of drug-likeness (QED) is 0.822. The van der Waals surface area contributed by atoms with Gasteiger partial charge in [0.1, 0.15) is 5.75 Å². The highest BCUT2D eigenvalue weighted by Crippen LogP contribution is 2.19. The monoisotopic (exact) mass is 286 g/mol. The summed E-state index contributed by atoms with van der Waals surface area (Å²) in [4.78, 5) is 0. The molecule has 6 heteroatoms. The van der Waals surface area contributed by atoms with E-state index in [2.05, 4.69) is 4.72 Å². The molecule has 0 amide bonds. The molecule has 0 heterocycles. The van der Waals surface area contributed by atoms with Gasteiger partial charge in [-0.2, -0.15) is 12.7 Å². The number of rotatable bonds is 7. The third-order valence-electron chi connectivity index (χ3n) is 2.72. The molecule has 108 valence electrons. The summed E-state index contributed by atoms with van der Waals surface area (Å²) in [6.45, 7) is 4.96.